The van der Waals surface area contributed by atoms with Gasteiger partial charge < -0.3 is 15.3 Å². The van der Waals surface area contributed by atoms with Gasteiger partial charge in [-0.25, -0.2) is 0 Å². The average Bonchev–Trinajstić information content (AvgIpc) is 2.47. The van der Waals surface area contributed by atoms with Crippen molar-refractivity contribution in [3.63, 3.8) is 0 Å². The fourth-order valence-electron chi connectivity index (χ4n) is 4.07. The van der Waals surface area contributed by atoms with Crippen LogP contribution in [0.2, 0.25) is 0 Å². The minimum absolute atomic E-state index is 0.137. The van der Waals surface area contributed by atoms with Crippen molar-refractivity contribution in [3.05, 3.63) is 0 Å². The Morgan fingerprint density at radius 1 is 1.10 bits per heavy atom. The van der Waals surface area contributed by atoms with Crippen LogP contribution in [0.4, 0.5) is 0 Å². The van der Waals surface area contributed by atoms with Crippen molar-refractivity contribution >= 4 is 0 Å². The Morgan fingerprint density at radius 3 is 2.43 bits per heavy atom. The molecule has 3 unspecified atom stereocenters. The molecular formula is C18H36N2O. The Labute approximate surface area is 131 Å². The van der Waals surface area contributed by atoms with Gasteiger partial charge in [0.25, 0.3) is 0 Å². The molecule has 0 aromatic carbocycles. The number of aliphatic hydroxyl groups excluding tert-OH is 1. The molecule has 2 aliphatic rings. The van der Waals surface area contributed by atoms with Crippen molar-refractivity contribution in [3.8, 4) is 0 Å². The Kier molecular flexibility index (Phi) is 6.97. The third-order valence-corrected chi connectivity index (χ3v) is 5.48. The lowest BCUT2D eigenvalue weighted by molar-refractivity contribution is 0.0607. The standard InChI is InChI=1S/C18H36N2O/c1-4-20-12-15(11-18(21)14(2)3)10-17(13-20)19-16-8-6-5-7-9-16/h14-19,21H,4-13H2,1-3H3. The van der Waals surface area contributed by atoms with Crippen molar-refractivity contribution in [1.82, 2.24) is 10.2 Å². The Bertz CT molecular complexity index is 289. The zero-order chi connectivity index (χ0) is 15.2. The molecule has 1 heterocycles. The normalized spacial score (nSPS) is 30.7. The maximum absolute atomic E-state index is 10.2. The lowest BCUT2D eigenvalue weighted by atomic mass is 9.86. The zero-order valence-electron chi connectivity index (χ0n) is 14.4. The van der Waals surface area contributed by atoms with Gasteiger partial charge in [0.2, 0.25) is 0 Å². The smallest absolute Gasteiger partial charge is 0.0566 e. The molecule has 1 aliphatic carbocycles. The Morgan fingerprint density at radius 2 is 1.81 bits per heavy atom. The number of hydrogen-bond acceptors (Lipinski definition) is 3. The summed E-state index contributed by atoms with van der Waals surface area (Å²) < 4.78 is 0. The first-order valence-corrected chi connectivity index (χ1v) is 9.25. The van der Waals surface area contributed by atoms with Crippen molar-refractivity contribution < 1.29 is 5.11 Å². The van der Waals surface area contributed by atoms with E-state index in [1.54, 1.807) is 0 Å². The van der Waals surface area contributed by atoms with Crippen LogP contribution in [0.1, 0.15) is 65.7 Å². The molecule has 3 nitrogen and oxygen atoms in total. The van der Waals surface area contributed by atoms with Crippen LogP contribution in [0.15, 0.2) is 0 Å². The number of hydrogen-bond donors (Lipinski definition) is 2. The number of nitrogens with zero attached hydrogens (tertiary/aromatic N) is 1. The van der Waals surface area contributed by atoms with Gasteiger partial charge in [-0.3, -0.25) is 0 Å². The quantitative estimate of drug-likeness (QED) is 0.791. The summed E-state index contributed by atoms with van der Waals surface area (Å²) in [6.07, 6.45) is 9.03. The van der Waals surface area contributed by atoms with Crippen molar-refractivity contribution in [1.29, 1.82) is 0 Å². The van der Waals surface area contributed by atoms with E-state index in [0.717, 1.165) is 19.0 Å². The molecule has 21 heavy (non-hydrogen) atoms. The number of rotatable bonds is 6. The number of aliphatic hydroxyl groups is 1. The van der Waals surface area contributed by atoms with E-state index in [4.69, 9.17) is 0 Å². The summed E-state index contributed by atoms with van der Waals surface area (Å²) >= 11 is 0. The maximum Gasteiger partial charge on any atom is 0.0566 e. The highest BCUT2D eigenvalue weighted by molar-refractivity contribution is 4.87. The molecule has 0 aromatic rings. The molecule has 1 saturated carbocycles. The summed E-state index contributed by atoms with van der Waals surface area (Å²) in [7, 11) is 0. The topological polar surface area (TPSA) is 35.5 Å². The highest BCUT2D eigenvalue weighted by Crippen LogP contribution is 2.25. The van der Waals surface area contributed by atoms with E-state index in [1.165, 1.54) is 51.6 Å². The molecule has 1 saturated heterocycles. The van der Waals surface area contributed by atoms with Gasteiger partial charge in [-0.2, -0.15) is 0 Å². The first-order chi connectivity index (χ1) is 10.1. The van der Waals surface area contributed by atoms with Crippen molar-refractivity contribution in [2.75, 3.05) is 19.6 Å². The van der Waals surface area contributed by atoms with Gasteiger partial charge in [0.15, 0.2) is 0 Å². The molecule has 0 aromatic heterocycles. The van der Waals surface area contributed by atoms with Crippen LogP contribution in [0.25, 0.3) is 0 Å². The molecular weight excluding hydrogens is 260 g/mol. The van der Waals surface area contributed by atoms with Gasteiger partial charge in [-0.05, 0) is 44.1 Å². The average molecular weight is 296 g/mol. The van der Waals surface area contributed by atoms with Gasteiger partial charge in [-0.15, -0.1) is 0 Å². The van der Waals surface area contributed by atoms with Gasteiger partial charge in [0.05, 0.1) is 6.10 Å². The largest absolute Gasteiger partial charge is 0.393 e. The molecule has 3 heteroatoms. The lowest BCUT2D eigenvalue weighted by Gasteiger charge is -2.40. The predicted octanol–water partition coefficient (Wildman–Crippen LogP) is 3.03. The third kappa shape index (κ3) is 5.54. The molecule has 0 spiro atoms. The second kappa shape index (κ2) is 8.50. The van der Waals surface area contributed by atoms with Gasteiger partial charge in [0.1, 0.15) is 0 Å². The lowest BCUT2D eigenvalue weighted by Crippen LogP contribution is -2.52. The number of nitrogens with one attached hydrogen (secondary N) is 1. The Balaban J connectivity index is 1.85. The molecule has 2 rings (SSSR count). The van der Waals surface area contributed by atoms with Crippen LogP contribution >= 0.6 is 0 Å². The van der Waals surface area contributed by atoms with Crippen LogP contribution in [-0.2, 0) is 0 Å². The fraction of sp³-hybridized carbons (Fsp3) is 1.00. The number of likely N-dealkylation sites (tertiary alicyclic amines) is 1. The summed E-state index contributed by atoms with van der Waals surface area (Å²) in [6.45, 7) is 10.0. The molecule has 0 bridgehead atoms. The van der Waals surface area contributed by atoms with Gasteiger partial charge in [0, 0.05) is 25.2 Å². The molecule has 0 amide bonds. The molecule has 2 fully saturated rings. The van der Waals surface area contributed by atoms with Crippen molar-refractivity contribution in [2.24, 2.45) is 11.8 Å². The third-order valence-electron chi connectivity index (χ3n) is 5.48. The molecule has 2 N–H and O–H groups in total. The van der Waals surface area contributed by atoms with E-state index < -0.39 is 0 Å². The highest BCUT2D eigenvalue weighted by atomic mass is 16.3. The van der Waals surface area contributed by atoms with E-state index in [-0.39, 0.29) is 6.10 Å². The molecule has 1 aliphatic heterocycles. The fourth-order valence-corrected chi connectivity index (χ4v) is 4.07. The Hall–Kier alpha value is -0.120. The van der Waals surface area contributed by atoms with E-state index in [9.17, 15) is 5.11 Å². The van der Waals surface area contributed by atoms with E-state index >= 15 is 0 Å². The maximum atomic E-state index is 10.2. The van der Waals surface area contributed by atoms with E-state index in [1.807, 2.05) is 0 Å². The minimum Gasteiger partial charge on any atom is -0.393 e. The van der Waals surface area contributed by atoms with Gasteiger partial charge >= 0.3 is 0 Å². The predicted molar refractivity (Wildman–Crippen MR) is 89.5 cm³/mol. The summed E-state index contributed by atoms with van der Waals surface area (Å²) in [5.41, 5.74) is 0. The van der Waals surface area contributed by atoms with Gasteiger partial charge in [-0.1, -0.05) is 40.0 Å². The highest BCUT2D eigenvalue weighted by Gasteiger charge is 2.30. The van der Waals surface area contributed by atoms with Crippen LogP contribution in [0.3, 0.4) is 0 Å². The monoisotopic (exact) mass is 296 g/mol. The first-order valence-electron chi connectivity index (χ1n) is 9.25. The van der Waals surface area contributed by atoms with E-state index in [2.05, 4.69) is 31.0 Å². The summed E-state index contributed by atoms with van der Waals surface area (Å²) in [4.78, 5) is 2.57. The zero-order valence-corrected chi connectivity index (χ0v) is 14.4. The van der Waals surface area contributed by atoms with Crippen LogP contribution in [0.5, 0.6) is 0 Å². The number of likely N-dealkylation sites (N-methyl/N-ethyl adjacent to an activating group) is 1. The van der Waals surface area contributed by atoms with E-state index in [0.29, 0.717) is 17.9 Å². The summed E-state index contributed by atoms with van der Waals surface area (Å²) in [5.74, 6) is 1.03. The second-order valence-electron chi connectivity index (χ2n) is 7.70. The SMILES string of the molecule is CCN1CC(CC(O)C(C)C)CC(NC2CCCCC2)C1. The summed E-state index contributed by atoms with van der Waals surface area (Å²) in [5, 5.41) is 14.1. The number of piperidine rings is 1. The minimum atomic E-state index is -0.137. The van der Waals surface area contributed by atoms with Crippen LogP contribution in [-0.4, -0.2) is 47.8 Å². The molecule has 124 valence electrons. The van der Waals surface area contributed by atoms with Crippen LogP contribution in [0, 0.1) is 11.8 Å². The summed E-state index contributed by atoms with van der Waals surface area (Å²) in [6, 6.07) is 1.38. The second-order valence-corrected chi connectivity index (χ2v) is 7.70. The molecule has 0 radical (unpaired) electrons. The van der Waals surface area contributed by atoms with Crippen molar-refractivity contribution in [2.45, 2.75) is 83.9 Å². The van der Waals surface area contributed by atoms with Crippen LogP contribution < -0.4 is 5.32 Å². The molecule has 3 atom stereocenters. The first kappa shape index (κ1) is 17.2.